The average Bonchev–Trinajstić information content (AvgIpc) is 2.14. The summed E-state index contributed by atoms with van der Waals surface area (Å²) in [6, 6.07) is 8.66. The van der Waals surface area contributed by atoms with Crippen molar-refractivity contribution in [1.29, 1.82) is 0 Å². The van der Waals surface area contributed by atoms with Crippen molar-refractivity contribution in [3.05, 3.63) is 29.8 Å². The predicted octanol–water partition coefficient (Wildman–Crippen LogP) is 2.24. The normalized spacial score (nSPS) is 12.6. The van der Waals surface area contributed by atoms with E-state index in [0.29, 0.717) is 0 Å². The third-order valence-electron chi connectivity index (χ3n) is 2.09. The van der Waals surface area contributed by atoms with Crippen LogP contribution in [0.1, 0.15) is 5.56 Å². The molecule has 0 bridgehead atoms. The summed E-state index contributed by atoms with van der Waals surface area (Å²) >= 11 is 0. The Balaban J connectivity index is 0.000000362. The van der Waals surface area contributed by atoms with Gasteiger partial charge in [-0.25, -0.2) is 8.42 Å². The van der Waals surface area contributed by atoms with Crippen LogP contribution in [-0.2, 0) is 10.1 Å². The number of halogens is 3. The van der Waals surface area contributed by atoms with Crippen molar-refractivity contribution in [2.24, 2.45) is 0 Å². The van der Waals surface area contributed by atoms with Gasteiger partial charge in [0.25, 0.3) is 0 Å². The van der Waals surface area contributed by atoms with Gasteiger partial charge in [-0.3, -0.25) is 4.48 Å². The molecule has 0 aromatic heterocycles. The summed E-state index contributed by atoms with van der Waals surface area (Å²) in [6.07, 6.45) is 0. The largest absolute Gasteiger partial charge is 0.741 e. The Kier molecular flexibility index (Phi) is 5.54. The number of rotatable bonds is 1. The minimum atomic E-state index is -6.09. The van der Waals surface area contributed by atoms with Crippen molar-refractivity contribution in [1.82, 2.24) is 4.48 Å². The Morgan fingerprint density at radius 3 is 1.58 bits per heavy atom. The van der Waals surface area contributed by atoms with Crippen LogP contribution in [0.5, 0.6) is 0 Å². The third-order valence-corrected chi connectivity index (χ3v) is 2.66. The van der Waals surface area contributed by atoms with E-state index >= 15 is 0 Å². The highest BCUT2D eigenvalue weighted by atomic mass is 32.2. The Labute approximate surface area is 110 Å². The number of quaternary nitrogens is 1. The van der Waals surface area contributed by atoms with Gasteiger partial charge in [-0.05, 0) is 19.1 Å². The SMILES string of the molecule is Cc1ccc([N+](C)(C)C)cc1.O=S(=O)([O-])C(F)(F)F. The molecule has 0 aliphatic carbocycles. The molecule has 110 valence electrons. The van der Waals surface area contributed by atoms with E-state index in [0.717, 1.165) is 4.48 Å². The Morgan fingerprint density at radius 2 is 1.37 bits per heavy atom. The molecular weight excluding hydrogens is 283 g/mol. The molecule has 19 heavy (non-hydrogen) atoms. The molecule has 0 unspecified atom stereocenters. The first-order chi connectivity index (χ1) is 8.25. The van der Waals surface area contributed by atoms with Crippen molar-refractivity contribution in [2.45, 2.75) is 12.4 Å². The number of benzene rings is 1. The molecule has 0 amide bonds. The Morgan fingerprint density at radius 1 is 1.05 bits per heavy atom. The molecule has 0 atom stereocenters. The van der Waals surface area contributed by atoms with E-state index < -0.39 is 15.6 Å². The fourth-order valence-corrected chi connectivity index (χ4v) is 0.992. The second-order valence-corrected chi connectivity index (χ2v) is 6.12. The quantitative estimate of drug-likeness (QED) is 0.454. The highest BCUT2D eigenvalue weighted by molar-refractivity contribution is 7.86. The molecule has 1 rings (SSSR count). The lowest BCUT2D eigenvalue weighted by Crippen LogP contribution is -2.34. The van der Waals surface area contributed by atoms with Crippen LogP contribution in [0.4, 0.5) is 18.9 Å². The van der Waals surface area contributed by atoms with E-state index in [-0.39, 0.29) is 0 Å². The second kappa shape index (κ2) is 5.89. The molecule has 0 saturated heterocycles. The number of hydrogen-bond donors (Lipinski definition) is 0. The zero-order valence-electron chi connectivity index (χ0n) is 11.0. The summed E-state index contributed by atoms with van der Waals surface area (Å²) in [7, 11) is 0.424. The van der Waals surface area contributed by atoms with Gasteiger partial charge < -0.3 is 4.55 Å². The standard InChI is InChI=1S/C10H16N.CHF3O3S/c1-9-5-7-10(8-6-9)11(2,3)4;2-1(3,4)8(5,6)7/h5-8H,1-4H3;(H,5,6,7)/q+1;/p-1. The lowest BCUT2D eigenvalue weighted by Gasteiger charge is -2.23. The van der Waals surface area contributed by atoms with Crippen LogP contribution >= 0.6 is 0 Å². The molecule has 0 N–H and O–H groups in total. The van der Waals surface area contributed by atoms with E-state index in [1.54, 1.807) is 0 Å². The zero-order chi connectivity index (χ0) is 15.5. The van der Waals surface area contributed by atoms with Gasteiger partial charge in [0.2, 0.25) is 0 Å². The van der Waals surface area contributed by atoms with Crippen LogP contribution in [0.25, 0.3) is 0 Å². The maximum absolute atomic E-state index is 10.7. The smallest absolute Gasteiger partial charge is 0.485 e. The summed E-state index contributed by atoms with van der Waals surface area (Å²) in [5.41, 5.74) is -2.98. The van der Waals surface area contributed by atoms with Gasteiger partial charge in [-0.1, -0.05) is 17.7 Å². The van der Waals surface area contributed by atoms with Gasteiger partial charge >= 0.3 is 5.51 Å². The molecule has 1 aromatic carbocycles. The molecule has 0 spiro atoms. The number of aryl methyl sites for hydroxylation is 1. The minimum Gasteiger partial charge on any atom is -0.741 e. The van der Waals surface area contributed by atoms with E-state index in [1.165, 1.54) is 11.3 Å². The molecule has 0 saturated carbocycles. The second-order valence-electron chi connectivity index (χ2n) is 4.75. The third kappa shape index (κ3) is 6.55. The van der Waals surface area contributed by atoms with Gasteiger partial charge in [-0.2, -0.15) is 13.2 Å². The maximum Gasteiger partial charge on any atom is 0.485 e. The summed E-state index contributed by atoms with van der Waals surface area (Å²) < 4.78 is 59.8. The fourth-order valence-electron chi connectivity index (χ4n) is 0.992. The van der Waals surface area contributed by atoms with Crippen LogP contribution in [0.3, 0.4) is 0 Å². The maximum atomic E-state index is 10.7. The first-order valence-electron chi connectivity index (χ1n) is 5.16. The topological polar surface area (TPSA) is 57.2 Å². The van der Waals surface area contributed by atoms with Gasteiger partial charge in [0.05, 0.1) is 21.1 Å². The number of nitrogens with zero attached hydrogens (tertiary/aromatic N) is 1. The summed E-state index contributed by atoms with van der Waals surface area (Å²) in [5, 5.41) is 0. The van der Waals surface area contributed by atoms with Gasteiger partial charge in [0.15, 0.2) is 10.1 Å². The van der Waals surface area contributed by atoms with Crippen LogP contribution in [0, 0.1) is 6.92 Å². The fraction of sp³-hybridized carbons (Fsp3) is 0.455. The van der Waals surface area contributed by atoms with E-state index in [4.69, 9.17) is 13.0 Å². The van der Waals surface area contributed by atoms with Gasteiger partial charge in [-0.15, -0.1) is 0 Å². The molecule has 0 heterocycles. The first kappa shape index (κ1) is 17.9. The number of hydrogen-bond acceptors (Lipinski definition) is 3. The molecule has 1 aromatic rings. The Bertz CT molecular complexity index is 501. The minimum absolute atomic E-state index is 0.889. The van der Waals surface area contributed by atoms with Gasteiger partial charge in [0.1, 0.15) is 5.69 Å². The van der Waals surface area contributed by atoms with Crippen molar-refractivity contribution in [3.8, 4) is 0 Å². The van der Waals surface area contributed by atoms with E-state index in [2.05, 4.69) is 52.3 Å². The van der Waals surface area contributed by atoms with E-state index in [9.17, 15) is 13.2 Å². The lowest BCUT2D eigenvalue weighted by atomic mass is 10.2. The van der Waals surface area contributed by atoms with Crippen molar-refractivity contribution in [3.63, 3.8) is 0 Å². The van der Waals surface area contributed by atoms with Gasteiger partial charge in [0, 0.05) is 0 Å². The van der Waals surface area contributed by atoms with Crippen LogP contribution in [-0.4, -0.2) is 39.6 Å². The Hall–Kier alpha value is -1.12. The van der Waals surface area contributed by atoms with Crippen LogP contribution in [0.2, 0.25) is 0 Å². The average molecular weight is 299 g/mol. The molecule has 0 radical (unpaired) electrons. The first-order valence-corrected chi connectivity index (χ1v) is 6.57. The lowest BCUT2D eigenvalue weighted by molar-refractivity contribution is -0.0517. The summed E-state index contributed by atoms with van der Waals surface area (Å²) in [6.45, 7) is 2.11. The van der Waals surface area contributed by atoms with E-state index in [1.807, 2.05) is 0 Å². The predicted molar refractivity (Wildman–Crippen MR) is 66.5 cm³/mol. The monoisotopic (exact) mass is 299 g/mol. The van der Waals surface area contributed by atoms with Crippen molar-refractivity contribution in [2.75, 3.05) is 21.1 Å². The zero-order valence-corrected chi connectivity index (χ0v) is 11.8. The molecule has 0 aliphatic heterocycles. The summed E-state index contributed by atoms with van der Waals surface area (Å²) in [5.74, 6) is 0. The molecule has 8 heteroatoms. The highest BCUT2D eigenvalue weighted by Crippen LogP contribution is 2.20. The molecule has 0 fully saturated rings. The summed E-state index contributed by atoms with van der Waals surface area (Å²) in [4.78, 5) is 0. The van der Waals surface area contributed by atoms with Crippen LogP contribution < -0.4 is 4.48 Å². The van der Waals surface area contributed by atoms with Crippen LogP contribution in [0.15, 0.2) is 24.3 Å². The highest BCUT2D eigenvalue weighted by Gasteiger charge is 2.36. The molecule has 4 nitrogen and oxygen atoms in total. The van der Waals surface area contributed by atoms with Crippen molar-refractivity contribution >= 4 is 15.8 Å². The molecule has 0 aliphatic rings. The number of alkyl halides is 3. The van der Waals surface area contributed by atoms with Crippen molar-refractivity contribution < 1.29 is 26.1 Å². The molecular formula is C11H16F3NO3S.